The Morgan fingerprint density at radius 2 is 1.43 bits per heavy atom. The molecule has 0 aromatic rings. The van der Waals surface area contributed by atoms with E-state index in [0.717, 1.165) is 0 Å². The van der Waals surface area contributed by atoms with Gasteiger partial charge in [0.1, 0.15) is 0 Å². The molecule has 46 valence electrons. The highest BCUT2D eigenvalue weighted by Gasteiger charge is 1.55. The largest absolute Gasteiger partial charge is 0.397 e. The normalized spacial score (nSPS) is 6.86. The molecule has 0 rings (SSSR count). The van der Waals surface area contributed by atoms with Gasteiger partial charge in [0.2, 0.25) is 0 Å². The SMILES string of the molecule is CCO.CSSC. The molecule has 0 aromatic heterocycles. The summed E-state index contributed by atoms with van der Waals surface area (Å²) < 4.78 is 0. The molecule has 0 aromatic carbocycles. The lowest BCUT2D eigenvalue weighted by atomic mass is 10.9. The molecule has 1 nitrogen and oxygen atoms in total. The number of aliphatic hydroxyl groups excluding tert-OH is 1. The molecule has 1 N–H and O–H groups in total. The summed E-state index contributed by atoms with van der Waals surface area (Å²) in [6.07, 6.45) is 4.12. The van der Waals surface area contributed by atoms with Crippen LogP contribution in [-0.4, -0.2) is 24.2 Å². The van der Waals surface area contributed by atoms with Crippen molar-refractivity contribution in [3.8, 4) is 0 Å². The van der Waals surface area contributed by atoms with Gasteiger partial charge in [0.05, 0.1) is 0 Å². The first-order valence-electron chi connectivity index (χ1n) is 2.01. The molecule has 0 bridgehead atoms. The minimum atomic E-state index is 0.250. The first-order chi connectivity index (χ1) is 3.33. The van der Waals surface area contributed by atoms with Gasteiger partial charge in [-0.2, -0.15) is 0 Å². The van der Waals surface area contributed by atoms with Gasteiger partial charge in [-0.15, -0.1) is 0 Å². The Morgan fingerprint density at radius 3 is 1.43 bits per heavy atom. The molecule has 0 saturated heterocycles. The Kier molecular flexibility index (Phi) is 24.1. The van der Waals surface area contributed by atoms with Crippen molar-refractivity contribution < 1.29 is 5.11 Å². The van der Waals surface area contributed by atoms with Gasteiger partial charge in [-0.25, -0.2) is 0 Å². The van der Waals surface area contributed by atoms with Crippen molar-refractivity contribution in [2.24, 2.45) is 0 Å². The van der Waals surface area contributed by atoms with Crippen molar-refractivity contribution in [3.05, 3.63) is 0 Å². The van der Waals surface area contributed by atoms with Crippen molar-refractivity contribution >= 4 is 21.6 Å². The first-order valence-corrected chi connectivity index (χ1v) is 4.97. The third-order valence-corrected chi connectivity index (χ3v) is 1.50. The van der Waals surface area contributed by atoms with E-state index in [1.54, 1.807) is 28.5 Å². The van der Waals surface area contributed by atoms with E-state index in [4.69, 9.17) is 5.11 Å². The second-order valence-electron chi connectivity index (χ2n) is 0.650. The van der Waals surface area contributed by atoms with E-state index >= 15 is 0 Å². The summed E-state index contributed by atoms with van der Waals surface area (Å²) in [6.45, 7) is 1.93. The minimum Gasteiger partial charge on any atom is -0.397 e. The maximum absolute atomic E-state index is 7.57. The van der Waals surface area contributed by atoms with Crippen LogP contribution in [0, 0.1) is 0 Å². The van der Waals surface area contributed by atoms with Crippen LogP contribution in [0.4, 0.5) is 0 Å². The molecule has 0 fully saturated rings. The second-order valence-corrected chi connectivity index (χ2v) is 3.32. The summed E-state index contributed by atoms with van der Waals surface area (Å²) in [5.41, 5.74) is 0. The fourth-order valence-electron chi connectivity index (χ4n) is 0. The summed E-state index contributed by atoms with van der Waals surface area (Å²) in [5.74, 6) is 0. The van der Waals surface area contributed by atoms with Gasteiger partial charge in [0, 0.05) is 6.61 Å². The molecule has 0 atom stereocenters. The lowest BCUT2D eigenvalue weighted by Gasteiger charge is -1.69. The van der Waals surface area contributed by atoms with Crippen LogP contribution in [0.5, 0.6) is 0 Å². The molecule has 0 radical (unpaired) electrons. The van der Waals surface area contributed by atoms with E-state index in [1.807, 2.05) is 0 Å². The summed E-state index contributed by atoms with van der Waals surface area (Å²) >= 11 is 0. The highest BCUT2D eigenvalue weighted by Crippen LogP contribution is 2.09. The Hall–Kier alpha value is 0.660. The molecule has 0 heterocycles. The molecule has 0 spiro atoms. The number of aliphatic hydroxyl groups is 1. The fourth-order valence-corrected chi connectivity index (χ4v) is 0. The summed E-state index contributed by atoms with van der Waals surface area (Å²) in [5, 5.41) is 7.57. The van der Waals surface area contributed by atoms with Gasteiger partial charge >= 0.3 is 0 Å². The smallest absolute Gasteiger partial charge is 0.0402 e. The zero-order valence-electron chi connectivity index (χ0n) is 4.97. The molecule has 0 aliphatic carbocycles. The average molecular weight is 140 g/mol. The Labute approximate surface area is 53.3 Å². The Balaban J connectivity index is 0. The van der Waals surface area contributed by atoms with E-state index in [2.05, 4.69) is 12.5 Å². The molecular formula is C4H12OS2. The second kappa shape index (κ2) is 15.9. The van der Waals surface area contributed by atoms with Crippen LogP contribution in [0.3, 0.4) is 0 Å². The van der Waals surface area contributed by atoms with Crippen molar-refractivity contribution in [3.63, 3.8) is 0 Å². The third kappa shape index (κ3) is 52.5. The van der Waals surface area contributed by atoms with E-state index < -0.39 is 0 Å². The summed E-state index contributed by atoms with van der Waals surface area (Å²) in [4.78, 5) is 0. The van der Waals surface area contributed by atoms with Crippen molar-refractivity contribution in [1.29, 1.82) is 0 Å². The molecular weight excluding hydrogens is 128 g/mol. The number of hydrogen-bond acceptors (Lipinski definition) is 3. The van der Waals surface area contributed by atoms with Crippen LogP contribution in [0.2, 0.25) is 0 Å². The van der Waals surface area contributed by atoms with Gasteiger partial charge in [-0.05, 0) is 19.4 Å². The quantitative estimate of drug-likeness (QED) is 0.559. The van der Waals surface area contributed by atoms with Gasteiger partial charge in [0.15, 0.2) is 0 Å². The van der Waals surface area contributed by atoms with Gasteiger partial charge in [-0.3, -0.25) is 0 Å². The van der Waals surface area contributed by atoms with Crippen LogP contribution in [0.1, 0.15) is 6.92 Å². The van der Waals surface area contributed by atoms with E-state index in [9.17, 15) is 0 Å². The van der Waals surface area contributed by atoms with Crippen molar-refractivity contribution in [2.45, 2.75) is 6.92 Å². The predicted molar refractivity (Wildman–Crippen MR) is 39.8 cm³/mol. The van der Waals surface area contributed by atoms with Crippen LogP contribution in [0.15, 0.2) is 0 Å². The van der Waals surface area contributed by atoms with Crippen LogP contribution in [-0.2, 0) is 0 Å². The molecule has 0 aliphatic rings. The summed E-state index contributed by atoms with van der Waals surface area (Å²) in [6, 6.07) is 0. The number of rotatable bonds is 1. The van der Waals surface area contributed by atoms with Crippen molar-refractivity contribution in [1.82, 2.24) is 0 Å². The fraction of sp³-hybridized carbons (Fsp3) is 1.00. The lowest BCUT2D eigenvalue weighted by Crippen LogP contribution is -1.57. The molecule has 3 heteroatoms. The highest BCUT2D eigenvalue weighted by atomic mass is 33.1. The lowest BCUT2D eigenvalue weighted by molar-refractivity contribution is 0.318. The highest BCUT2D eigenvalue weighted by molar-refractivity contribution is 8.76. The average Bonchev–Trinajstić information content (AvgIpc) is 1.69. The van der Waals surface area contributed by atoms with E-state index in [-0.39, 0.29) is 6.61 Å². The standard InChI is InChI=1S/C2H6O.C2H6S2/c1-2-3;1-3-4-2/h3H,2H2,1H3;1-2H3. The Bertz CT molecular complexity index is 17.2. The van der Waals surface area contributed by atoms with Gasteiger partial charge in [-0.1, -0.05) is 21.6 Å². The zero-order valence-corrected chi connectivity index (χ0v) is 6.60. The number of hydrogen-bond donors (Lipinski definition) is 1. The van der Waals surface area contributed by atoms with Gasteiger partial charge < -0.3 is 5.11 Å². The van der Waals surface area contributed by atoms with Crippen LogP contribution < -0.4 is 0 Å². The first kappa shape index (κ1) is 10.6. The molecule has 0 saturated carbocycles. The molecule has 0 aliphatic heterocycles. The van der Waals surface area contributed by atoms with Crippen molar-refractivity contribution in [2.75, 3.05) is 19.1 Å². The maximum Gasteiger partial charge on any atom is 0.0402 e. The van der Waals surface area contributed by atoms with Crippen LogP contribution >= 0.6 is 21.6 Å². The summed E-state index contributed by atoms with van der Waals surface area (Å²) in [7, 11) is 3.55. The molecule has 0 amide bonds. The van der Waals surface area contributed by atoms with E-state index in [0.29, 0.717) is 0 Å². The third-order valence-electron chi connectivity index (χ3n) is 0.167. The topological polar surface area (TPSA) is 20.2 Å². The predicted octanol–water partition coefficient (Wildman–Crippen LogP) is 1.63. The van der Waals surface area contributed by atoms with Crippen LogP contribution in [0.25, 0.3) is 0 Å². The molecule has 7 heavy (non-hydrogen) atoms. The Morgan fingerprint density at radius 1 is 1.29 bits per heavy atom. The van der Waals surface area contributed by atoms with E-state index in [1.165, 1.54) is 0 Å². The minimum absolute atomic E-state index is 0.250. The zero-order chi connectivity index (χ0) is 6.12. The monoisotopic (exact) mass is 140 g/mol. The van der Waals surface area contributed by atoms with Gasteiger partial charge in [0.25, 0.3) is 0 Å². The molecule has 0 unspecified atom stereocenters. The maximum atomic E-state index is 7.57.